The predicted molar refractivity (Wildman–Crippen MR) is 114 cm³/mol. The van der Waals surface area contributed by atoms with Crippen LogP contribution in [-0.2, 0) is 10.1 Å². The molecule has 1 atom stereocenters. The summed E-state index contributed by atoms with van der Waals surface area (Å²) in [5, 5.41) is 10.0. The summed E-state index contributed by atoms with van der Waals surface area (Å²) in [6.45, 7) is 2.26. The molecule has 0 aromatic heterocycles. The number of aliphatic hydroxyl groups excluding tert-OH is 1. The van der Waals surface area contributed by atoms with Gasteiger partial charge in [-0.3, -0.25) is 0 Å². The zero-order valence-corrected chi connectivity index (χ0v) is 21.6. The topological polar surface area (TPSA) is 77.4 Å². The van der Waals surface area contributed by atoms with Gasteiger partial charge in [0, 0.05) is 5.75 Å². The fraction of sp³-hybridized carbons (Fsp3) is 1.00. The van der Waals surface area contributed by atoms with Crippen molar-refractivity contribution < 1.29 is 47.6 Å². The third kappa shape index (κ3) is 26.9. The van der Waals surface area contributed by atoms with Crippen LogP contribution >= 0.6 is 0 Å². The molecule has 0 heterocycles. The van der Waals surface area contributed by atoms with Gasteiger partial charge in [0.1, 0.15) is 0 Å². The Morgan fingerprint density at radius 1 is 0.643 bits per heavy atom. The van der Waals surface area contributed by atoms with E-state index in [-0.39, 0.29) is 41.4 Å². The smallest absolute Gasteiger partial charge is 0.748 e. The van der Waals surface area contributed by atoms with Crippen LogP contribution in [0.2, 0.25) is 0 Å². The Bertz CT molecular complexity index is 401. The van der Waals surface area contributed by atoms with E-state index in [1.54, 1.807) is 0 Å². The van der Waals surface area contributed by atoms with Gasteiger partial charge in [0.2, 0.25) is 0 Å². The molecular formula is C22H45NaO4S. The van der Waals surface area contributed by atoms with E-state index in [0.29, 0.717) is 6.42 Å². The second-order valence-electron chi connectivity index (χ2n) is 8.15. The van der Waals surface area contributed by atoms with Gasteiger partial charge in [0.25, 0.3) is 0 Å². The molecule has 0 aromatic rings. The van der Waals surface area contributed by atoms with E-state index >= 15 is 0 Å². The fourth-order valence-corrected chi connectivity index (χ4v) is 4.11. The molecule has 0 saturated carbocycles. The average molecular weight is 429 g/mol. The Kier molecular flexibility index (Phi) is 25.0. The standard InChI is InChI=1S/C22H46O4S.Na/c1-2-3-4-5-6-7-8-10-13-16-19-22(23)20-17-14-11-9-12-15-18-21-27(24,25)26;/h22-23H,2-21H2,1H3,(H,24,25,26);/q;+1/p-1. The third-order valence-corrected chi connectivity index (χ3v) is 6.11. The maximum absolute atomic E-state index is 10.5. The van der Waals surface area contributed by atoms with Crippen LogP contribution in [0.25, 0.3) is 0 Å². The quantitative estimate of drug-likeness (QED) is 0.173. The third-order valence-electron chi connectivity index (χ3n) is 5.32. The van der Waals surface area contributed by atoms with Crippen molar-refractivity contribution >= 4 is 10.1 Å². The van der Waals surface area contributed by atoms with Crippen molar-refractivity contribution in [2.75, 3.05) is 5.75 Å². The van der Waals surface area contributed by atoms with Crippen LogP contribution in [0.4, 0.5) is 0 Å². The fourth-order valence-electron chi connectivity index (χ4n) is 3.55. The molecule has 0 aliphatic heterocycles. The van der Waals surface area contributed by atoms with Crippen molar-refractivity contribution in [3.63, 3.8) is 0 Å². The van der Waals surface area contributed by atoms with Gasteiger partial charge in [-0.2, -0.15) is 0 Å². The minimum atomic E-state index is -4.03. The average Bonchev–Trinajstić information content (AvgIpc) is 2.61. The normalized spacial score (nSPS) is 12.7. The van der Waals surface area contributed by atoms with Gasteiger partial charge in [0.05, 0.1) is 16.2 Å². The molecule has 0 fully saturated rings. The van der Waals surface area contributed by atoms with Crippen LogP contribution in [0.3, 0.4) is 0 Å². The molecule has 164 valence electrons. The summed E-state index contributed by atoms with van der Waals surface area (Å²) in [4.78, 5) is 0. The van der Waals surface area contributed by atoms with Crippen LogP contribution in [0.5, 0.6) is 0 Å². The van der Waals surface area contributed by atoms with E-state index in [1.165, 1.54) is 57.8 Å². The number of rotatable bonds is 21. The molecule has 1 N–H and O–H groups in total. The molecule has 4 nitrogen and oxygen atoms in total. The molecule has 0 radical (unpaired) electrons. The Morgan fingerprint density at radius 2 is 0.964 bits per heavy atom. The maximum atomic E-state index is 10.5. The van der Waals surface area contributed by atoms with Gasteiger partial charge in [-0.15, -0.1) is 0 Å². The Labute approximate surface area is 197 Å². The van der Waals surface area contributed by atoms with Crippen molar-refractivity contribution in [3.8, 4) is 0 Å². The first-order valence-corrected chi connectivity index (χ1v) is 13.1. The molecule has 0 bridgehead atoms. The Balaban J connectivity index is 0. The van der Waals surface area contributed by atoms with Gasteiger partial charge in [-0.1, -0.05) is 110 Å². The molecule has 0 rings (SSSR count). The SMILES string of the molecule is CCCCCCCCCCCCC(O)CCCCCCCCCS(=O)(=O)[O-].[Na+]. The first-order valence-electron chi connectivity index (χ1n) is 11.6. The van der Waals surface area contributed by atoms with Crippen molar-refractivity contribution in [1.29, 1.82) is 0 Å². The largest absolute Gasteiger partial charge is 1.00 e. The summed E-state index contributed by atoms with van der Waals surface area (Å²) in [5.41, 5.74) is 0. The summed E-state index contributed by atoms with van der Waals surface area (Å²) in [6.07, 6.45) is 21.8. The summed E-state index contributed by atoms with van der Waals surface area (Å²) < 4.78 is 31.4. The molecule has 0 aliphatic rings. The Morgan fingerprint density at radius 3 is 1.32 bits per heavy atom. The zero-order valence-electron chi connectivity index (χ0n) is 18.8. The molecule has 6 heteroatoms. The van der Waals surface area contributed by atoms with Crippen LogP contribution in [0, 0.1) is 0 Å². The van der Waals surface area contributed by atoms with Crippen molar-refractivity contribution in [1.82, 2.24) is 0 Å². The van der Waals surface area contributed by atoms with E-state index in [1.807, 2.05) is 0 Å². The first kappa shape index (κ1) is 31.1. The number of hydrogen-bond donors (Lipinski definition) is 1. The molecular weight excluding hydrogens is 383 g/mol. The van der Waals surface area contributed by atoms with E-state index < -0.39 is 10.1 Å². The maximum Gasteiger partial charge on any atom is 1.00 e. The van der Waals surface area contributed by atoms with E-state index in [9.17, 15) is 18.1 Å². The molecule has 0 amide bonds. The van der Waals surface area contributed by atoms with Gasteiger partial charge in [-0.05, 0) is 19.3 Å². The molecule has 0 aromatic carbocycles. The van der Waals surface area contributed by atoms with Crippen molar-refractivity contribution in [3.05, 3.63) is 0 Å². The minimum absolute atomic E-state index is 0. The number of unbranched alkanes of at least 4 members (excludes halogenated alkanes) is 15. The van der Waals surface area contributed by atoms with Crippen LogP contribution in [0.1, 0.15) is 129 Å². The monoisotopic (exact) mass is 428 g/mol. The van der Waals surface area contributed by atoms with Gasteiger partial charge < -0.3 is 9.66 Å². The van der Waals surface area contributed by atoms with E-state index in [4.69, 9.17) is 0 Å². The summed E-state index contributed by atoms with van der Waals surface area (Å²) in [7, 11) is -4.03. The predicted octanol–water partition coefficient (Wildman–Crippen LogP) is 3.33. The van der Waals surface area contributed by atoms with Crippen LogP contribution in [-0.4, -0.2) is 29.9 Å². The van der Waals surface area contributed by atoms with Gasteiger partial charge >= 0.3 is 29.6 Å². The second-order valence-corrected chi connectivity index (χ2v) is 9.67. The summed E-state index contributed by atoms with van der Waals surface area (Å²) >= 11 is 0. The molecule has 0 spiro atoms. The summed E-state index contributed by atoms with van der Waals surface area (Å²) in [6, 6.07) is 0. The summed E-state index contributed by atoms with van der Waals surface area (Å²) in [5.74, 6) is -0.224. The van der Waals surface area contributed by atoms with Crippen molar-refractivity contribution in [2.24, 2.45) is 0 Å². The molecule has 0 aliphatic carbocycles. The molecule has 1 unspecified atom stereocenters. The second kappa shape index (κ2) is 22.6. The molecule has 0 saturated heterocycles. The van der Waals surface area contributed by atoms with E-state index in [2.05, 4.69) is 6.92 Å². The first-order chi connectivity index (χ1) is 13.0. The van der Waals surface area contributed by atoms with Crippen LogP contribution in [0.15, 0.2) is 0 Å². The minimum Gasteiger partial charge on any atom is -0.748 e. The van der Waals surface area contributed by atoms with Gasteiger partial charge in [-0.25, -0.2) is 8.42 Å². The molecule has 28 heavy (non-hydrogen) atoms. The van der Waals surface area contributed by atoms with Crippen molar-refractivity contribution in [2.45, 2.75) is 135 Å². The number of hydrogen-bond acceptors (Lipinski definition) is 4. The van der Waals surface area contributed by atoms with E-state index in [0.717, 1.165) is 57.8 Å². The Hall–Kier alpha value is 0.870. The van der Waals surface area contributed by atoms with Gasteiger partial charge in [0.15, 0.2) is 0 Å². The number of aliphatic hydroxyl groups is 1. The zero-order chi connectivity index (χ0) is 20.2. The van der Waals surface area contributed by atoms with Crippen LogP contribution < -0.4 is 29.6 Å².